The zero-order valence-corrected chi connectivity index (χ0v) is 12.6. The average Bonchev–Trinajstić information content (AvgIpc) is 2.31. The minimum absolute atomic E-state index is 0.108. The fourth-order valence-electron chi connectivity index (χ4n) is 1.45. The maximum atomic E-state index is 13.3. The van der Waals surface area contributed by atoms with E-state index in [1.165, 1.54) is 12.1 Å². The van der Waals surface area contributed by atoms with E-state index in [2.05, 4.69) is 37.2 Å². The Balaban J connectivity index is 2.79. The first-order valence-electron chi connectivity index (χ1n) is 5.41. The van der Waals surface area contributed by atoms with Crippen LogP contribution in [0, 0.1) is 5.82 Å². The number of hydrogen-bond acceptors (Lipinski definition) is 1. The molecule has 2 nitrogen and oxygen atoms in total. The summed E-state index contributed by atoms with van der Waals surface area (Å²) < 4.78 is 13.5. The Labute approximate surface area is 117 Å². The van der Waals surface area contributed by atoms with Crippen LogP contribution in [0.1, 0.15) is 30.1 Å². The van der Waals surface area contributed by atoms with Crippen LogP contribution in [0.2, 0.25) is 0 Å². The zero-order valence-electron chi connectivity index (χ0n) is 9.47. The van der Waals surface area contributed by atoms with Crippen LogP contribution in [-0.2, 0) is 0 Å². The van der Waals surface area contributed by atoms with Gasteiger partial charge in [0.15, 0.2) is 0 Å². The fourth-order valence-corrected chi connectivity index (χ4v) is 2.45. The molecule has 0 saturated heterocycles. The molecule has 0 aromatic heterocycles. The molecule has 1 N–H and O–H groups in total. The lowest BCUT2D eigenvalue weighted by Crippen LogP contribution is -2.34. The molecule has 1 rings (SSSR count). The number of nitrogens with one attached hydrogen (secondary N) is 1. The molecule has 0 heterocycles. The van der Waals surface area contributed by atoms with Crippen LogP contribution in [0.3, 0.4) is 0 Å². The summed E-state index contributed by atoms with van der Waals surface area (Å²) in [6.45, 7) is 2.01. The second kappa shape index (κ2) is 7.11. The Bertz CT molecular complexity index is 398. The summed E-state index contributed by atoms with van der Waals surface area (Å²) in [7, 11) is 0. The Kier molecular flexibility index (Phi) is 6.12. The molecular formula is C12H14Br2FNO. The van der Waals surface area contributed by atoms with Crippen molar-refractivity contribution in [1.29, 1.82) is 0 Å². The van der Waals surface area contributed by atoms with Crippen LogP contribution in [0.15, 0.2) is 22.7 Å². The number of halogens is 3. The van der Waals surface area contributed by atoms with Gasteiger partial charge in [-0.3, -0.25) is 4.79 Å². The van der Waals surface area contributed by atoms with E-state index in [1.54, 1.807) is 6.07 Å². The van der Waals surface area contributed by atoms with Crippen molar-refractivity contribution in [2.45, 2.75) is 25.8 Å². The minimum Gasteiger partial charge on any atom is -0.349 e. The van der Waals surface area contributed by atoms with Gasteiger partial charge >= 0.3 is 0 Å². The van der Waals surface area contributed by atoms with Crippen molar-refractivity contribution in [3.63, 3.8) is 0 Å². The van der Waals surface area contributed by atoms with Crippen LogP contribution in [0.25, 0.3) is 0 Å². The summed E-state index contributed by atoms with van der Waals surface area (Å²) in [4.78, 5) is 11.9. The third-order valence-corrected chi connectivity index (χ3v) is 3.75. The molecule has 0 saturated carbocycles. The molecular weight excluding hydrogens is 353 g/mol. The van der Waals surface area contributed by atoms with E-state index in [-0.39, 0.29) is 16.4 Å². The van der Waals surface area contributed by atoms with Gasteiger partial charge in [-0.15, -0.1) is 0 Å². The molecule has 17 heavy (non-hydrogen) atoms. The van der Waals surface area contributed by atoms with E-state index >= 15 is 0 Å². The lowest BCUT2D eigenvalue weighted by Gasteiger charge is -2.16. The maximum absolute atomic E-state index is 13.3. The Morgan fingerprint density at radius 2 is 2.24 bits per heavy atom. The third-order valence-electron chi connectivity index (χ3n) is 2.48. The van der Waals surface area contributed by atoms with Gasteiger partial charge in [-0.05, 0) is 40.9 Å². The average molecular weight is 367 g/mol. The monoisotopic (exact) mass is 365 g/mol. The Hall–Kier alpha value is -0.420. The van der Waals surface area contributed by atoms with Crippen LogP contribution in [-0.4, -0.2) is 17.3 Å². The number of amides is 1. The predicted octanol–water partition coefficient (Wildman–Crippen LogP) is 3.88. The number of rotatable bonds is 5. The molecule has 0 radical (unpaired) electrons. The molecule has 5 heteroatoms. The number of benzene rings is 1. The van der Waals surface area contributed by atoms with Crippen molar-refractivity contribution in [2.24, 2.45) is 0 Å². The Morgan fingerprint density at radius 1 is 1.53 bits per heavy atom. The highest BCUT2D eigenvalue weighted by atomic mass is 79.9. The largest absolute Gasteiger partial charge is 0.349 e. The molecule has 1 aromatic carbocycles. The summed E-state index contributed by atoms with van der Waals surface area (Å²) in [6, 6.07) is 4.55. The molecule has 0 aliphatic rings. The van der Waals surface area contributed by atoms with Gasteiger partial charge in [-0.2, -0.15) is 0 Å². The molecule has 0 aliphatic carbocycles. The third kappa shape index (κ3) is 4.07. The van der Waals surface area contributed by atoms with Gasteiger partial charge < -0.3 is 5.32 Å². The van der Waals surface area contributed by atoms with Crippen molar-refractivity contribution >= 4 is 37.8 Å². The van der Waals surface area contributed by atoms with Gasteiger partial charge in [0.25, 0.3) is 5.91 Å². The topological polar surface area (TPSA) is 29.1 Å². The number of alkyl halides is 1. The van der Waals surface area contributed by atoms with Crippen molar-refractivity contribution in [1.82, 2.24) is 5.32 Å². The van der Waals surface area contributed by atoms with Crippen molar-refractivity contribution < 1.29 is 9.18 Å². The van der Waals surface area contributed by atoms with E-state index in [4.69, 9.17) is 0 Å². The second-order valence-corrected chi connectivity index (χ2v) is 5.24. The van der Waals surface area contributed by atoms with Crippen molar-refractivity contribution in [3.8, 4) is 0 Å². The normalized spacial score (nSPS) is 12.2. The lowest BCUT2D eigenvalue weighted by atomic mass is 10.1. The number of carbonyl (C=O) groups is 1. The van der Waals surface area contributed by atoms with Crippen LogP contribution < -0.4 is 5.32 Å². The predicted molar refractivity (Wildman–Crippen MR) is 74.1 cm³/mol. The molecule has 0 bridgehead atoms. The molecule has 1 aromatic rings. The van der Waals surface area contributed by atoms with E-state index in [0.717, 1.165) is 18.2 Å². The lowest BCUT2D eigenvalue weighted by molar-refractivity contribution is 0.0934. The highest BCUT2D eigenvalue weighted by Gasteiger charge is 2.15. The van der Waals surface area contributed by atoms with Crippen LogP contribution in [0.5, 0.6) is 0 Å². The van der Waals surface area contributed by atoms with E-state index < -0.39 is 5.82 Å². The maximum Gasteiger partial charge on any atom is 0.252 e. The highest BCUT2D eigenvalue weighted by molar-refractivity contribution is 9.10. The molecule has 0 fully saturated rings. The number of hydrogen-bond donors (Lipinski definition) is 1. The standard InChI is InChI=1S/C12H14Br2FNO/c1-2-8(6-7-13)16-12(17)9-4-3-5-10(15)11(9)14/h3-5,8H,2,6-7H2,1H3,(H,16,17). The first kappa shape index (κ1) is 14.6. The van der Waals surface area contributed by atoms with E-state index in [1.807, 2.05) is 6.92 Å². The van der Waals surface area contributed by atoms with Gasteiger partial charge in [0.05, 0.1) is 10.0 Å². The fraction of sp³-hybridized carbons (Fsp3) is 0.417. The van der Waals surface area contributed by atoms with Gasteiger partial charge in [-0.25, -0.2) is 4.39 Å². The first-order chi connectivity index (χ1) is 8.10. The van der Waals surface area contributed by atoms with Crippen molar-refractivity contribution in [2.75, 3.05) is 5.33 Å². The Morgan fingerprint density at radius 3 is 2.82 bits per heavy atom. The zero-order chi connectivity index (χ0) is 12.8. The van der Waals surface area contributed by atoms with Gasteiger partial charge in [0, 0.05) is 11.4 Å². The minimum atomic E-state index is -0.425. The summed E-state index contributed by atoms with van der Waals surface area (Å²) in [6.07, 6.45) is 1.71. The van der Waals surface area contributed by atoms with Gasteiger partial charge in [0.1, 0.15) is 5.82 Å². The van der Waals surface area contributed by atoms with Crippen LogP contribution in [0.4, 0.5) is 4.39 Å². The second-order valence-electron chi connectivity index (χ2n) is 3.66. The van der Waals surface area contributed by atoms with E-state index in [9.17, 15) is 9.18 Å². The smallest absolute Gasteiger partial charge is 0.252 e. The van der Waals surface area contributed by atoms with Crippen molar-refractivity contribution in [3.05, 3.63) is 34.1 Å². The summed E-state index contributed by atoms with van der Waals surface area (Å²) in [5.41, 5.74) is 0.332. The molecule has 1 atom stereocenters. The SMILES string of the molecule is CCC(CCBr)NC(=O)c1cccc(F)c1Br. The first-order valence-corrected chi connectivity index (χ1v) is 7.32. The molecule has 0 spiro atoms. The summed E-state index contributed by atoms with van der Waals surface area (Å²) in [5, 5.41) is 3.72. The molecule has 94 valence electrons. The summed E-state index contributed by atoms with van der Waals surface area (Å²) >= 11 is 6.43. The number of carbonyl (C=O) groups excluding carboxylic acids is 1. The highest BCUT2D eigenvalue weighted by Crippen LogP contribution is 2.20. The van der Waals surface area contributed by atoms with Gasteiger partial charge in [-0.1, -0.05) is 28.9 Å². The molecule has 1 amide bonds. The molecule has 0 aliphatic heterocycles. The van der Waals surface area contributed by atoms with Crippen LogP contribution >= 0.6 is 31.9 Å². The quantitative estimate of drug-likeness (QED) is 0.787. The molecule has 1 unspecified atom stereocenters. The van der Waals surface area contributed by atoms with Gasteiger partial charge in [0.2, 0.25) is 0 Å². The summed E-state index contributed by atoms with van der Waals surface area (Å²) in [5.74, 6) is -0.671. The van der Waals surface area contributed by atoms with E-state index in [0.29, 0.717) is 5.56 Å².